The molecule has 0 rings (SSSR count). The van der Waals surface area contributed by atoms with Crippen molar-refractivity contribution in [2.24, 2.45) is 0 Å². The van der Waals surface area contributed by atoms with Gasteiger partial charge in [0.1, 0.15) is 0 Å². The van der Waals surface area contributed by atoms with Gasteiger partial charge in [-0.15, -0.1) is 0 Å². The summed E-state index contributed by atoms with van der Waals surface area (Å²) in [6.07, 6.45) is 0. The standard InChI is InChI=1S/C3H8O3S.Ca/c1-3(2)7(4,5)6;/h3H,1-2H3,(H,4,5,6);. The van der Waals surface area contributed by atoms with E-state index in [4.69, 9.17) is 4.55 Å². The van der Waals surface area contributed by atoms with Crippen LogP contribution in [0.5, 0.6) is 0 Å². The van der Waals surface area contributed by atoms with Gasteiger partial charge in [0.15, 0.2) is 0 Å². The van der Waals surface area contributed by atoms with E-state index in [0.29, 0.717) is 0 Å². The largest absolute Gasteiger partial charge is 0.285 e. The minimum absolute atomic E-state index is 0. The summed E-state index contributed by atoms with van der Waals surface area (Å²) in [5, 5.41) is -0.674. The first-order chi connectivity index (χ1) is 2.94. The van der Waals surface area contributed by atoms with Gasteiger partial charge in [-0.2, -0.15) is 8.42 Å². The van der Waals surface area contributed by atoms with Crippen molar-refractivity contribution in [3.05, 3.63) is 0 Å². The van der Waals surface area contributed by atoms with Crippen molar-refractivity contribution in [1.82, 2.24) is 0 Å². The molecule has 0 bridgehead atoms. The molecule has 0 aromatic rings. The second kappa shape index (κ2) is 4.06. The molecule has 0 fully saturated rings. The molecule has 0 aliphatic carbocycles. The first-order valence-electron chi connectivity index (χ1n) is 1.91. The quantitative estimate of drug-likeness (QED) is 0.435. The second-order valence-corrected chi connectivity index (χ2v) is 3.54. The van der Waals surface area contributed by atoms with Crippen LogP contribution in [0.4, 0.5) is 0 Å². The van der Waals surface area contributed by atoms with E-state index in [1.807, 2.05) is 0 Å². The summed E-state index contributed by atoms with van der Waals surface area (Å²) in [4.78, 5) is 0. The van der Waals surface area contributed by atoms with Crippen molar-refractivity contribution >= 4 is 47.9 Å². The Morgan fingerprint density at radius 3 is 1.50 bits per heavy atom. The molecule has 0 unspecified atom stereocenters. The van der Waals surface area contributed by atoms with Gasteiger partial charge in [-0.3, -0.25) is 4.55 Å². The molecule has 0 aromatic heterocycles. The molecule has 0 atom stereocenters. The van der Waals surface area contributed by atoms with Crippen molar-refractivity contribution < 1.29 is 13.0 Å². The van der Waals surface area contributed by atoms with E-state index >= 15 is 0 Å². The van der Waals surface area contributed by atoms with Crippen LogP contribution in [0.1, 0.15) is 13.8 Å². The van der Waals surface area contributed by atoms with Gasteiger partial charge in [0, 0.05) is 37.7 Å². The van der Waals surface area contributed by atoms with Crippen LogP contribution in [0.3, 0.4) is 0 Å². The van der Waals surface area contributed by atoms with Gasteiger partial charge in [-0.1, -0.05) is 0 Å². The van der Waals surface area contributed by atoms with Gasteiger partial charge in [-0.25, -0.2) is 0 Å². The fourth-order valence-electron chi connectivity index (χ4n) is 0. The third kappa shape index (κ3) is 5.31. The maximum atomic E-state index is 9.89. The molecule has 0 aromatic carbocycles. The molecule has 46 valence electrons. The van der Waals surface area contributed by atoms with Crippen LogP contribution in [0.15, 0.2) is 0 Å². The Hall–Kier alpha value is 1.17. The summed E-state index contributed by atoms with van der Waals surface area (Å²) >= 11 is 0. The van der Waals surface area contributed by atoms with E-state index in [1.54, 1.807) is 0 Å². The monoisotopic (exact) mass is 164 g/mol. The van der Waals surface area contributed by atoms with Crippen LogP contribution < -0.4 is 0 Å². The van der Waals surface area contributed by atoms with Gasteiger partial charge in [-0.05, 0) is 13.8 Å². The molecule has 0 spiro atoms. The van der Waals surface area contributed by atoms with Crippen molar-refractivity contribution in [2.75, 3.05) is 0 Å². The zero-order chi connectivity index (χ0) is 6.08. The third-order valence-corrected chi connectivity index (χ3v) is 1.79. The SMILES string of the molecule is CC(C)S(=O)(=O)O.[Ca]. The summed E-state index contributed by atoms with van der Waals surface area (Å²) in [5.74, 6) is 0. The minimum Gasteiger partial charge on any atom is -0.285 e. The average molecular weight is 164 g/mol. The van der Waals surface area contributed by atoms with E-state index < -0.39 is 15.4 Å². The zero-order valence-electron chi connectivity index (χ0n) is 4.96. The molecule has 0 amide bonds. The van der Waals surface area contributed by atoms with Crippen molar-refractivity contribution in [3.8, 4) is 0 Å². The average Bonchev–Trinajstić information content (AvgIpc) is 1.31. The smallest absolute Gasteiger partial charge is 0.267 e. The van der Waals surface area contributed by atoms with Crippen LogP contribution in [0.25, 0.3) is 0 Å². The predicted molar refractivity (Wildman–Crippen MR) is 32.4 cm³/mol. The number of rotatable bonds is 1. The summed E-state index contributed by atoms with van der Waals surface area (Å²) in [7, 11) is -3.74. The molecular formula is C3H8CaO3S. The van der Waals surface area contributed by atoms with Crippen molar-refractivity contribution in [1.29, 1.82) is 0 Å². The Bertz CT molecular complexity index is 137. The molecular weight excluding hydrogens is 156 g/mol. The first kappa shape index (κ1) is 11.9. The summed E-state index contributed by atoms with van der Waals surface area (Å²) < 4.78 is 27.8. The summed E-state index contributed by atoms with van der Waals surface area (Å²) in [6.45, 7) is 2.82. The van der Waals surface area contributed by atoms with Crippen LogP contribution in [-0.4, -0.2) is 56.0 Å². The topological polar surface area (TPSA) is 54.4 Å². The van der Waals surface area contributed by atoms with Gasteiger partial charge >= 0.3 is 0 Å². The predicted octanol–water partition coefficient (Wildman–Crippen LogP) is -0.0982. The van der Waals surface area contributed by atoms with Gasteiger partial charge in [0.2, 0.25) is 0 Å². The number of hydrogen-bond acceptors (Lipinski definition) is 2. The zero-order valence-corrected chi connectivity index (χ0v) is 7.98. The molecule has 0 saturated heterocycles. The normalized spacial score (nSPS) is 11.0. The van der Waals surface area contributed by atoms with Crippen molar-refractivity contribution in [3.63, 3.8) is 0 Å². The fourth-order valence-corrected chi connectivity index (χ4v) is 0. The summed E-state index contributed by atoms with van der Waals surface area (Å²) in [5.41, 5.74) is 0. The number of hydrogen-bond donors (Lipinski definition) is 1. The Kier molecular flexibility index (Phi) is 6.04. The first-order valence-corrected chi connectivity index (χ1v) is 3.41. The molecule has 3 nitrogen and oxygen atoms in total. The Labute approximate surface area is 79.2 Å². The molecule has 2 radical (unpaired) electrons. The van der Waals surface area contributed by atoms with Crippen LogP contribution in [0, 0.1) is 0 Å². The Balaban J connectivity index is 0. The maximum absolute atomic E-state index is 9.89. The van der Waals surface area contributed by atoms with Crippen LogP contribution in [-0.2, 0) is 10.1 Å². The van der Waals surface area contributed by atoms with Gasteiger partial charge in [0.25, 0.3) is 10.1 Å². The molecule has 5 heteroatoms. The summed E-state index contributed by atoms with van der Waals surface area (Å²) in [6, 6.07) is 0. The van der Waals surface area contributed by atoms with Gasteiger partial charge in [0.05, 0.1) is 5.25 Å². The third-order valence-electron chi connectivity index (χ3n) is 0.596. The maximum Gasteiger partial charge on any atom is 0.267 e. The molecule has 8 heavy (non-hydrogen) atoms. The van der Waals surface area contributed by atoms with Crippen LogP contribution in [0.2, 0.25) is 0 Å². The minimum atomic E-state index is -3.74. The molecule has 0 saturated carbocycles. The van der Waals surface area contributed by atoms with E-state index in [2.05, 4.69) is 0 Å². The molecule has 0 heterocycles. The van der Waals surface area contributed by atoms with Gasteiger partial charge < -0.3 is 0 Å². The molecule has 0 aliphatic rings. The van der Waals surface area contributed by atoms with E-state index in [9.17, 15) is 8.42 Å². The van der Waals surface area contributed by atoms with E-state index in [1.165, 1.54) is 13.8 Å². The fraction of sp³-hybridized carbons (Fsp3) is 1.00. The Morgan fingerprint density at radius 2 is 1.50 bits per heavy atom. The molecule has 0 aliphatic heterocycles. The van der Waals surface area contributed by atoms with E-state index in [-0.39, 0.29) is 37.7 Å². The second-order valence-electron chi connectivity index (χ2n) is 1.56. The van der Waals surface area contributed by atoms with Crippen LogP contribution >= 0.6 is 0 Å². The Morgan fingerprint density at radius 1 is 1.38 bits per heavy atom. The molecule has 1 N–H and O–H groups in total. The van der Waals surface area contributed by atoms with E-state index in [0.717, 1.165) is 0 Å². The van der Waals surface area contributed by atoms with Crippen molar-refractivity contribution in [2.45, 2.75) is 19.1 Å².